The second-order valence-electron chi connectivity index (χ2n) is 9.82. The predicted octanol–water partition coefficient (Wildman–Crippen LogP) is 3.12. The Balaban J connectivity index is 1.38. The summed E-state index contributed by atoms with van der Waals surface area (Å²) < 4.78 is 56.3. The van der Waals surface area contributed by atoms with Gasteiger partial charge >= 0.3 is 6.03 Å². The first-order valence-electron chi connectivity index (χ1n) is 12.0. The first-order chi connectivity index (χ1) is 17.6. The number of halogens is 2. The molecule has 0 bridgehead atoms. The van der Waals surface area contributed by atoms with Crippen molar-refractivity contribution in [2.75, 3.05) is 26.2 Å². The third-order valence-corrected chi connectivity index (χ3v) is 9.00. The standard InChI is InChI=1S/C24H25F2N7O3S/c1-3-16-11-30(23(34)31-13-24(25,26)14-31)12-18(16)21-29-28-20-10-27-22-19(33(20)21)8-9-32(22)37(35,36)17-6-4-15(2)5-7-17/h4-10,16,18H,3,11-14H2,1-2H3/t16-,18+/m1/s1. The minimum absolute atomic E-state index is 0.0414. The molecule has 0 aliphatic carbocycles. The molecule has 0 unspecified atom stereocenters. The number of carbonyl (C=O) groups excluding carboxylic acids is 1. The quantitative estimate of drug-likeness (QED) is 0.402. The molecule has 1 aromatic carbocycles. The van der Waals surface area contributed by atoms with Crippen LogP contribution in [0.25, 0.3) is 16.8 Å². The molecule has 13 heteroatoms. The Kier molecular flexibility index (Phi) is 5.27. The highest BCUT2D eigenvalue weighted by molar-refractivity contribution is 7.90. The molecule has 2 atom stereocenters. The molecule has 0 radical (unpaired) electrons. The number of alkyl halides is 2. The van der Waals surface area contributed by atoms with Crippen LogP contribution >= 0.6 is 0 Å². The summed E-state index contributed by atoms with van der Waals surface area (Å²) in [6.07, 6.45) is 3.68. The summed E-state index contributed by atoms with van der Waals surface area (Å²) in [6.45, 7) is 3.50. The summed E-state index contributed by atoms with van der Waals surface area (Å²) in [7, 11) is -3.89. The lowest BCUT2D eigenvalue weighted by molar-refractivity contribution is -0.113. The van der Waals surface area contributed by atoms with E-state index in [0.717, 1.165) is 20.9 Å². The maximum atomic E-state index is 13.4. The van der Waals surface area contributed by atoms with E-state index in [1.54, 1.807) is 39.6 Å². The van der Waals surface area contributed by atoms with Gasteiger partial charge in [-0.3, -0.25) is 4.40 Å². The van der Waals surface area contributed by atoms with Gasteiger partial charge in [-0.25, -0.2) is 30.9 Å². The van der Waals surface area contributed by atoms with Crippen LogP contribution < -0.4 is 0 Å². The fourth-order valence-electron chi connectivity index (χ4n) is 5.29. The molecule has 5 heterocycles. The van der Waals surface area contributed by atoms with Crippen LogP contribution in [-0.2, 0) is 10.0 Å². The fourth-order valence-corrected chi connectivity index (χ4v) is 6.59. The van der Waals surface area contributed by atoms with E-state index in [0.29, 0.717) is 30.1 Å². The Hall–Kier alpha value is -3.61. The van der Waals surface area contributed by atoms with Gasteiger partial charge < -0.3 is 9.80 Å². The minimum atomic E-state index is -3.89. The number of urea groups is 1. The van der Waals surface area contributed by atoms with E-state index >= 15 is 0 Å². The highest BCUT2D eigenvalue weighted by Crippen LogP contribution is 2.37. The van der Waals surface area contributed by atoms with Crippen molar-refractivity contribution in [3.8, 4) is 0 Å². The van der Waals surface area contributed by atoms with Crippen LogP contribution in [0.5, 0.6) is 0 Å². The molecule has 2 aliphatic heterocycles. The molecule has 37 heavy (non-hydrogen) atoms. The first-order valence-corrected chi connectivity index (χ1v) is 13.5. The molecule has 0 spiro atoms. The Morgan fingerprint density at radius 3 is 2.49 bits per heavy atom. The number of fused-ring (bicyclic) bond motifs is 3. The fraction of sp³-hybridized carbons (Fsp3) is 0.417. The van der Waals surface area contributed by atoms with Crippen LogP contribution in [0.2, 0.25) is 0 Å². The van der Waals surface area contributed by atoms with E-state index < -0.39 is 35.1 Å². The van der Waals surface area contributed by atoms with Gasteiger partial charge in [-0.15, -0.1) is 10.2 Å². The van der Waals surface area contributed by atoms with Crippen molar-refractivity contribution in [2.45, 2.75) is 37.0 Å². The lowest BCUT2D eigenvalue weighted by Crippen LogP contribution is -2.61. The van der Waals surface area contributed by atoms with Crippen molar-refractivity contribution in [1.82, 2.24) is 33.4 Å². The average Bonchev–Trinajstić information content (AvgIpc) is 3.57. The number of benzene rings is 1. The zero-order valence-corrected chi connectivity index (χ0v) is 21.1. The van der Waals surface area contributed by atoms with Crippen molar-refractivity contribution in [3.05, 3.63) is 54.1 Å². The lowest BCUT2D eigenvalue weighted by atomic mass is 9.93. The number of rotatable bonds is 4. The zero-order valence-electron chi connectivity index (χ0n) is 20.3. The van der Waals surface area contributed by atoms with Crippen molar-refractivity contribution >= 4 is 32.9 Å². The van der Waals surface area contributed by atoms with Crippen molar-refractivity contribution in [3.63, 3.8) is 0 Å². The van der Waals surface area contributed by atoms with Gasteiger partial charge in [0.05, 0.1) is 29.7 Å². The molecular formula is C24H25F2N7O3S. The number of amides is 2. The molecule has 4 aromatic rings. The summed E-state index contributed by atoms with van der Waals surface area (Å²) in [5.74, 6) is -2.40. The van der Waals surface area contributed by atoms with Crippen LogP contribution in [0.3, 0.4) is 0 Å². The number of aromatic nitrogens is 5. The first kappa shape index (κ1) is 23.8. The van der Waals surface area contributed by atoms with Crippen LogP contribution in [0.1, 0.15) is 30.7 Å². The number of hydrogen-bond acceptors (Lipinski definition) is 6. The van der Waals surface area contributed by atoms with Gasteiger partial charge in [0.15, 0.2) is 11.3 Å². The summed E-state index contributed by atoms with van der Waals surface area (Å²) in [5, 5.41) is 8.66. The maximum Gasteiger partial charge on any atom is 0.320 e. The van der Waals surface area contributed by atoms with Gasteiger partial charge in [-0.2, -0.15) is 0 Å². The molecule has 3 aromatic heterocycles. The molecule has 0 saturated carbocycles. The molecule has 2 saturated heterocycles. The van der Waals surface area contributed by atoms with E-state index in [2.05, 4.69) is 15.2 Å². The van der Waals surface area contributed by atoms with Crippen LogP contribution in [-0.4, -0.2) is 79.9 Å². The number of nitrogens with zero attached hydrogens (tertiary/aromatic N) is 7. The van der Waals surface area contributed by atoms with Crippen molar-refractivity contribution in [2.24, 2.45) is 5.92 Å². The summed E-state index contributed by atoms with van der Waals surface area (Å²) in [5.41, 5.74) is 2.16. The molecule has 194 valence electrons. The van der Waals surface area contributed by atoms with Gasteiger partial charge in [0, 0.05) is 25.2 Å². The molecular weight excluding hydrogens is 504 g/mol. The Morgan fingerprint density at radius 1 is 1.08 bits per heavy atom. The van der Waals surface area contributed by atoms with Gasteiger partial charge in [-0.05, 0) is 31.0 Å². The van der Waals surface area contributed by atoms with Crippen molar-refractivity contribution < 1.29 is 22.0 Å². The van der Waals surface area contributed by atoms with E-state index in [9.17, 15) is 22.0 Å². The lowest BCUT2D eigenvalue weighted by Gasteiger charge is -2.40. The average molecular weight is 530 g/mol. The van der Waals surface area contributed by atoms with Gasteiger partial charge in [-0.1, -0.05) is 31.0 Å². The third kappa shape index (κ3) is 3.74. The molecule has 0 N–H and O–H groups in total. The highest BCUT2D eigenvalue weighted by atomic mass is 32.2. The number of carbonyl (C=O) groups is 1. The Labute approximate surface area is 211 Å². The second-order valence-corrected chi connectivity index (χ2v) is 11.6. The summed E-state index contributed by atoms with van der Waals surface area (Å²) >= 11 is 0. The van der Waals surface area contributed by atoms with Gasteiger partial charge in [0.2, 0.25) is 0 Å². The summed E-state index contributed by atoms with van der Waals surface area (Å²) in [4.78, 5) is 20.1. The van der Waals surface area contributed by atoms with E-state index in [1.807, 2.05) is 13.8 Å². The number of likely N-dealkylation sites (tertiary alicyclic amines) is 2. The van der Waals surface area contributed by atoms with E-state index in [4.69, 9.17) is 0 Å². The Bertz CT molecular complexity index is 1620. The molecule has 6 rings (SSSR count). The number of hydrogen-bond donors (Lipinski definition) is 0. The molecule has 10 nitrogen and oxygen atoms in total. The maximum absolute atomic E-state index is 13.4. The van der Waals surface area contributed by atoms with Crippen LogP contribution in [0.15, 0.2) is 47.6 Å². The van der Waals surface area contributed by atoms with Gasteiger partial charge in [0.25, 0.3) is 15.9 Å². The van der Waals surface area contributed by atoms with E-state index in [-0.39, 0.29) is 22.4 Å². The minimum Gasteiger partial charge on any atom is -0.324 e. The van der Waals surface area contributed by atoms with Crippen LogP contribution in [0, 0.1) is 12.8 Å². The molecule has 2 fully saturated rings. The van der Waals surface area contributed by atoms with E-state index in [1.165, 1.54) is 12.4 Å². The normalized spacial score (nSPS) is 21.6. The third-order valence-electron chi connectivity index (χ3n) is 7.32. The Morgan fingerprint density at radius 2 is 1.81 bits per heavy atom. The highest BCUT2D eigenvalue weighted by Gasteiger charge is 2.49. The SMILES string of the molecule is CC[C@@H]1CN(C(=O)N2CC(F)(F)C2)C[C@@H]1c1nnc2cnc3c(ccn3S(=O)(=O)c3ccc(C)cc3)n12. The second kappa shape index (κ2) is 8.20. The van der Waals surface area contributed by atoms with Gasteiger partial charge in [0.1, 0.15) is 5.82 Å². The topological polar surface area (TPSA) is 106 Å². The van der Waals surface area contributed by atoms with Crippen LogP contribution in [0.4, 0.5) is 13.6 Å². The molecule has 2 aliphatic rings. The van der Waals surface area contributed by atoms with Crippen molar-refractivity contribution in [1.29, 1.82) is 0 Å². The predicted molar refractivity (Wildman–Crippen MR) is 130 cm³/mol. The zero-order chi connectivity index (χ0) is 26.1. The smallest absolute Gasteiger partial charge is 0.320 e. The largest absolute Gasteiger partial charge is 0.324 e. The number of aryl methyl sites for hydroxylation is 1. The summed E-state index contributed by atoms with van der Waals surface area (Å²) in [6, 6.07) is 7.85. The monoisotopic (exact) mass is 529 g/mol. The molecule has 2 amide bonds.